The number of likely N-dealkylation sites (tertiary alicyclic amines) is 1. The smallest absolute Gasteiger partial charge is 0.208 e. The van der Waals surface area contributed by atoms with Gasteiger partial charge in [0.15, 0.2) is 0 Å². The number of aryl methyl sites for hydroxylation is 2. The lowest BCUT2D eigenvalue weighted by molar-refractivity contribution is 0.204. The van der Waals surface area contributed by atoms with Crippen molar-refractivity contribution in [3.05, 3.63) is 35.8 Å². The van der Waals surface area contributed by atoms with Crippen LogP contribution in [0.25, 0.3) is 0 Å². The Bertz CT molecular complexity index is 662. The van der Waals surface area contributed by atoms with Gasteiger partial charge in [0.25, 0.3) is 0 Å². The summed E-state index contributed by atoms with van der Waals surface area (Å²) in [7, 11) is 4.16. The Morgan fingerprint density at radius 1 is 1.36 bits per heavy atom. The van der Waals surface area contributed by atoms with Crippen molar-refractivity contribution in [3.63, 3.8) is 0 Å². The summed E-state index contributed by atoms with van der Waals surface area (Å²) < 4.78 is 7.72. The summed E-state index contributed by atoms with van der Waals surface area (Å²) in [5.41, 5.74) is 1.33. The zero-order valence-corrected chi connectivity index (χ0v) is 16.0. The van der Waals surface area contributed by atoms with Gasteiger partial charge in [-0.15, -0.1) is 0 Å². The number of hydrogen-bond acceptors (Lipinski definition) is 5. The molecule has 25 heavy (non-hydrogen) atoms. The van der Waals surface area contributed by atoms with Crippen LogP contribution in [0, 0.1) is 0 Å². The molecular formula is C19H31N5O. The van der Waals surface area contributed by atoms with Crippen LogP contribution in [-0.2, 0) is 20.0 Å². The first-order valence-corrected chi connectivity index (χ1v) is 9.36. The fraction of sp³-hybridized carbons (Fsp3) is 0.684. The van der Waals surface area contributed by atoms with Gasteiger partial charge in [-0.25, -0.2) is 4.98 Å². The number of hydrogen-bond donors (Lipinski definition) is 0. The molecule has 1 aliphatic heterocycles. The lowest BCUT2D eigenvalue weighted by atomic mass is 10.2. The van der Waals surface area contributed by atoms with Gasteiger partial charge in [0.05, 0.1) is 18.9 Å². The zero-order valence-electron chi connectivity index (χ0n) is 16.0. The highest BCUT2D eigenvalue weighted by Crippen LogP contribution is 2.19. The Kier molecular flexibility index (Phi) is 5.91. The molecule has 0 N–H and O–H groups in total. The summed E-state index contributed by atoms with van der Waals surface area (Å²) in [5.74, 6) is 2.21. The zero-order chi connectivity index (χ0) is 17.8. The van der Waals surface area contributed by atoms with Gasteiger partial charge < -0.3 is 9.32 Å². The maximum Gasteiger partial charge on any atom is 0.208 e. The summed E-state index contributed by atoms with van der Waals surface area (Å²) >= 11 is 0. The SMILES string of the molecule is CC(C)c1cnc(CN(C)C2CCN(CCCc3cnn(C)c3)C2)o1. The summed E-state index contributed by atoms with van der Waals surface area (Å²) in [6.45, 7) is 8.55. The molecule has 0 bridgehead atoms. The summed E-state index contributed by atoms with van der Waals surface area (Å²) in [6.07, 6.45) is 9.48. The van der Waals surface area contributed by atoms with Crippen LogP contribution in [0.5, 0.6) is 0 Å². The standard InChI is InChI=1S/C19H31N5O/c1-15(2)18-11-20-19(25-18)14-22(3)17-7-9-24(13-17)8-5-6-16-10-21-23(4)12-16/h10-12,15,17H,5-9,13-14H2,1-4H3. The number of aromatic nitrogens is 3. The Hall–Kier alpha value is -1.66. The third-order valence-corrected chi connectivity index (χ3v) is 5.09. The molecule has 138 valence electrons. The third kappa shape index (κ3) is 4.92. The molecule has 0 aromatic carbocycles. The van der Waals surface area contributed by atoms with Crippen LogP contribution in [0.2, 0.25) is 0 Å². The van der Waals surface area contributed by atoms with Crippen LogP contribution in [0.1, 0.15) is 49.8 Å². The first kappa shape index (κ1) is 18.1. The largest absolute Gasteiger partial charge is 0.444 e. The van der Waals surface area contributed by atoms with E-state index in [2.05, 4.69) is 47.0 Å². The average Bonchev–Trinajstić information content (AvgIpc) is 3.28. The van der Waals surface area contributed by atoms with Crippen LogP contribution in [0.3, 0.4) is 0 Å². The second-order valence-electron chi connectivity index (χ2n) is 7.60. The Labute approximate surface area is 150 Å². The minimum Gasteiger partial charge on any atom is -0.444 e. The predicted molar refractivity (Wildman–Crippen MR) is 98.4 cm³/mol. The third-order valence-electron chi connectivity index (χ3n) is 5.09. The fourth-order valence-corrected chi connectivity index (χ4v) is 3.49. The molecule has 2 aromatic heterocycles. The van der Waals surface area contributed by atoms with Crippen LogP contribution in [0.4, 0.5) is 0 Å². The maximum absolute atomic E-state index is 5.84. The molecule has 1 unspecified atom stereocenters. The van der Waals surface area contributed by atoms with Crippen molar-refractivity contribution in [1.29, 1.82) is 0 Å². The fourth-order valence-electron chi connectivity index (χ4n) is 3.49. The quantitative estimate of drug-likeness (QED) is 0.736. The first-order valence-electron chi connectivity index (χ1n) is 9.36. The molecule has 0 radical (unpaired) electrons. The van der Waals surface area contributed by atoms with E-state index in [1.54, 1.807) is 0 Å². The molecule has 0 spiro atoms. The van der Waals surface area contributed by atoms with E-state index in [9.17, 15) is 0 Å². The van der Waals surface area contributed by atoms with Gasteiger partial charge in [-0.3, -0.25) is 9.58 Å². The second-order valence-corrected chi connectivity index (χ2v) is 7.60. The van der Waals surface area contributed by atoms with Crippen molar-refractivity contribution in [2.75, 3.05) is 26.7 Å². The molecule has 1 atom stereocenters. The molecule has 0 aliphatic carbocycles. The Morgan fingerprint density at radius 2 is 2.20 bits per heavy atom. The lowest BCUT2D eigenvalue weighted by Gasteiger charge is -2.23. The van der Waals surface area contributed by atoms with E-state index in [-0.39, 0.29) is 0 Å². The Balaban J connectivity index is 1.40. The molecule has 0 saturated carbocycles. The van der Waals surface area contributed by atoms with Crippen molar-refractivity contribution >= 4 is 0 Å². The topological polar surface area (TPSA) is 50.3 Å². The van der Waals surface area contributed by atoms with Crippen LogP contribution >= 0.6 is 0 Å². The first-order chi connectivity index (χ1) is 12.0. The molecule has 1 saturated heterocycles. The molecule has 6 nitrogen and oxygen atoms in total. The molecule has 3 heterocycles. The van der Waals surface area contributed by atoms with Gasteiger partial charge in [0, 0.05) is 31.7 Å². The van der Waals surface area contributed by atoms with Crippen molar-refractivity contribution in [2.24, 2.45) is 7.05 Å². The number of oxazole rings is 1. The molecule has 0 amide bonds. The highest BCUT2D eigenvalue weighted by molar-refractivity contribution is 5.03. The molecule has 3 rings (SSSR count). The van der Waals surface area contributed by atoms with E-state index in [0.29, 0.717) is 12.0 Å². The van der Waals surface area contributed by atoms with E-state index in [4.69, 9.17) is 4.42 Å². The van der Waals surface area contributed by atoms with E-state index in [1.165, 1.54) is 24.9 Å². The van der Waals surface area contributed by atoms with Crippen molar-refractivity contribution < 1.29 is 4.42 Å². The van der Waals surface area contributed by atoms with Crippen LogP contribution in [-0.4, -0.2) is 57.3 Å². The van der Waals surface area contributed by atoms with Gasteiger partial charge in [-0.05, 0) is 45.0 Å². The van der Waals surface area contributed by atoms with E-state index in [1.807, 2.05) is 24.1 Å². The normalized spacial score (nSPS) is 18.7. The molecule has 1 aliphatic rings. The van der Waals surface area contributed by atoms with Gasteiger partial charge >= 0.3 is 0 Å². The van der Waals surface area contributed by atoms with Gasteiger partial charge in [0.2, 0.25) is 5.89 Å². The van der Waals surface area contributed by atoms with Crippen molar-refractivity contribution in [1.82, 2.24) is 24.6 Å². The van der Waals surface area contributed by atoms with Crippen molar-refractivity contribution in [2.45, 2.75) is 51.6 Å². The highest BCUT2D eigenvalue weighted by Gasteiger charge is 2.26. The maximum atomic E-state index is 5.84. The van der Waals surface area contributed by atoms with E-state index in [0.717, 1.165) is 37.7 Å². The van der Waals surface area contributed by atoms with Crippen molar-refractivity contribution in [3.8, 4) is 0 Å². The Morgan fingerprint density at radius 3 is 2.88 bits per heavy atom. The average molecular weight is 345 g/mol. The lowest BCUT2D eigenvalue weighted by Crippen LogP contribution is -2.34. The second kappa shape index (κ2) is 8.15. The summed E-state index contributed by atoms with van der Waals surface area (Å²) in [5, 5.41) is 4.24. The van der Waals surface area contributed by atoms with Gasteiger partial charge in [0.1, 0.15) is 5.76 Å². The molecule has 1 fully saturated rings. The van der Waals surface area contributed by atoms with Crippen LogP contribution in [0.15, 0.2) is 23.0 Å². The minimum atomic E-state index is 0.397. The summed E-state index contributed by atoms with van der Waals surface area (Å²) in [6, 6.07) is 0.591. The number of nitrogens with zero attached hydrogens (tertiary/aromatic N) is 5. The van der Waals surface area contributed by atoms with Gasteiger partial charge in [-0.1, -0.05) is 13.8 Å². The summed E-state index contributed by atoms with van der Waals surface area (Å²) in [4.78, 5) is 9.39. The highest BCUT2D eigenvalue weighted by atomic mass is 16.4. The van der Waals surface area contributed by atoms with E-state index < -0.39 is 0 Å². The van der Waals surface area contributed by atoms with Crippen LogP contribution < -0.4 is 0 Å². The molecular weight excluding hydrogens is 314 g/mol. The molecule has 2 aromatic rings. The predicted octanol–water partition coefficient (Wildman–Crippen LogP) is 2.67. The van der Waals surface area contributed by atoms with E-state index >= 15 is 0 Å². The number of rotatable bonds is 8. The number of likely N-dealkylation sites (N-methyl/N-ethyl adjacent to an activating group) is 1. The monoisotopic (exact) mass is 345 g/mol. The minimum absolute atomic E-state index is 0.397. The molecule has 6 heteroatoms. The van der Waals surface area contributed by atoms with Gasteiger partial charge in [-0.2, -0.15) is 5.10 Å².